The van der Waals surface area contributed by atoms with E-state index in [2.05, 4.69) is 91.0 Å². The van der Waals surface area contributed by atoms with Crippen molar-refractivity contribution in [1.29, 1.82) is 0 Å². The van der Waals surface area contributed by atoms with Gasteiger partial charge in [0.1, 0.15) is 0 Å². The molecule has 4 rings (SSSR count). The standard InChI is InChI=1S/C27H40.2CH3.2ClH.Zr/c1-17-12-13-22-23(14-17)20-10-8-9-11-21(20)25(22)27(6,7)24-16-19(15-18(24)2)26(3,4)5;;;;;/h8-14,18-25H,15-16H2,1-7H3;2*1H3;2*1H;/q;2*-1;;;+4/p-2. The molecular weight excluding hydrogens is 510 g/mol. The van der Waals surface area contributed by atoms with E-state index in [1.54, 1.807) is 0 Å². The van der Waals surface area contributed by atoms with E-state index in [0.29, 0.717) is 34.5 Å². The van der Waals surface area contributed by atoms with E-state index in [4.69, 9.17) is 17.0 Å². The minimum atomic E-state index is -0.826. The van der Waals surface area contributed by atoms with Crippen molar-refractivity contribution in [2.75, 3.05) is 0 Å². The Kier molecular flexibility index (Phi) is 11.3. The Morgan fingerprint density at radius 2 is 1.38 bits per heavy atom. The zero-order valence-electron chi connectivity index (χ0n) is 21.8. The fourth-order valence-electron chi connectivity index (χ4n) is 7.46. The van der Waals surface area contributed by atoms with Crippen LogP contribution in [0.25, 0.3) is 0 Å². The SMILES string of the molecule is CC1=CC2C3C=CC=CC3C(C(C)(C)C3CC(C(C)(C)C)CC3C)C2C=C1.[CH3-].[CH3-].[Cl][Zr+2][Cl]. The van der Waals surface area contributed by atoms with Gasteiger partial charge in [-0.1, -0.05) is 89.6 Å². The van der Waals surface area contributed by atoms with Crippen LogP contribution in [0.5, 0.6) is 0 Å². The van der Waals surface area contributed by atoms with Crippen LogP contribution in [0.2, 0.25) is 0 Å². The van der Waals surface area contributed by atoms with Gasteiger partial charge >= 0.3 is 37.9 Å². The van der Waals surface area contributed by atoms with Crippen LogP contribution >= 0.6 is 17.0 Å². The van der Waals surface area contributed by atoms with Crippen LogP contribution in [0.3, 0.4) is 0 Å². The molecule has 4 aliphatic rings. The quantitative estimate of drug-likeness (QED) is 0.297. The van der Waals surface area contributed by atoms with E-state index in [0.717, 1.165) is 23.7 Å². The third-order valence-electron chi connectivity index (χ3n) is 8.90. The predicted molar refractivity (Wildman–Crippen MR) is 142 cm³/mol. The molecule has 0 bridgehead atoms. The molecule has 0 nitrogen and oxygen atoms in total. The second-order valence-electron chi connectivity index (χ2n) is 11.9. The Morgan fingerprint density at radius 3 is 1.91 bits per heavy atom. The molecule has 3 heteroatoms. The van der Waals surface area contributed by atoms with Gasteiger partial charge in [-0.05, 0) is 77.9 Å². The van der Waals surface area contributed by atoms with Crippen LogP contribution in [0, 0.1) is 73.0 Å². The first kappa shape index (κ1) is 30.5. The molecule has 0 amide bonds. The van der Waals surface area contributed by atoms with Gasteiger partial charge in [0.15, 0.2) is 0 Å². The van der Waals surface area contributed by atoms with Crippen molar-refractivity contribution in [2.45, 2.75) is 61.3 Å². The summed E-state index contributed by atoms with van der Waals surface area (Å²) in [6.45, 7) is 17.4. The summed E-state index contributed by atoms with van der Waals surface area (Å²) in [5, 5.41) is 0. The normalized spacial score (nSPS) is 37.1. The topological polar surface area (TPSA) is 0 Å². The van der Waals surface area contributed by atoms with Crippen molar-refractivity contribution in [1.82, 2.24) is 0 Å². The van der Waals surface area contributed by atoms with Gasteiger partial charge < -0.3 is 14.9 Å². The third kappa shape index (κ3) is 5.97. The van der Waals surface area contributed by atoms with Crippen molar-refractivity contribution in [3.63, 3.8) is 0 Å². The zero-order valence-corrected chi connectivity index (χ0v) is 25.8. The number of fused-ring (bicyclic) bond motifs is 3. The molecule has 0 N–H and O–H groups in total. The van der Waals surface area contributed by atoms with Crippen molar-refractivity contribution >= 4 is 17.0 Å². The van der Waals surface area contributed by atoms with Crippen molar-refractivity contribution < 1.29 is 20.8 Å². The van der Waals surface area contributed by atoms with Crippen molar-refractivity contribution in [2.24, 2.45) is 58.2 Å². The van der Waals surface area contributed by atoms with Gasteiger partial charge in [0.05, 0.1) is 0 Å². The summed E-state index contributed by atoms with van der Waals surface area (Å²) in [6.07, 6.45) is 20.1. The number of hydrogen-bond acceptors (Lipinski definition) is 0. The molecule has 8 unspecified atom stereocenters. The number of allylic oxidation sites excluding steroid dienone is 8. The molecule has 0 aromatic carbocycles. The Bertz CT molecular complexity index is 724. The first-order chi connectivity index (χ1) is 14.0. The van der Waals surface area contributed by atoms with Crippen LogP contribution in [-0.2, 0) is 20.8 Å². The van der Waals surface area contributed by atoms with Crippen LogP contribution in [0.15, 0.2) is 48.1 Å². The molecule has 0 saturated heterocycles. The zero-order chi connectivity index (χ0) is 22.3. The van der Waals surface area contributed by atoms with Gasteiger partial charge in [-0.25, -0.2) is 0 Å². The molecule has 0 radical (unpaired) electrons. The fourth-order valence-corrected chi connectivity index (χ4v) is 7.46. The number of rotatable bonds is 2. The van der Waals surface area contributed by atoms with Crippen LogP contribution in [0.4, 0.5) is 0 Å². The first-order valence-electron chi connectivity index (χ1n) is 11.7. The van der Waals surface area contributed by atoms with Crippen LogP contribution in [0.1, 0.15) is 61.3 Å². The van der Waals surface area contributed by atoms with Gasteiger partial charge in [-0.3, -0.25) is 0 Å². The summed E-state index contributed by atoms with van der Waals surface area (Å²) in [5.74, 6) is 6.09. The van der Waals surface area contributed by atoms with E-state index < -0.39 is 20.8 Å². The van der Waals surface area contributed by atoms with Crippen LogP contribution in [-0.4, -0.2) is 0 Å². The molecule has 4 aliphatic carbocycles. The second kappa shape index (κ2) is 11.9. The monoisotopic (exact) mass is 554 g/mol. The van der Waals surface area contributed by atoms with Gasteiger partial charge in [0.2, 0.25) is 0 Å². The summed E-state index contributed by atoms with van der Waals surface area (Å²) in [6, 6.07) is 0. The molecule has 2 saturated carbocycles. The fraction of sp³-hybridized carbons (Fsp3) is 0.655. The van der Waals surface area contributed by atoms with Gasteiger partial charge in [-0.2, -0.15) is 0 Å². The van der Waals surface area contributed by atoms with E-state index in [-0.39, 0.29) is 14.9 Å². The molecule has 180 valence electrons. The van der Waals surface area contributed by atoms with Crippen molar-refractivity contribution in [3.8, 4) is 0 Å². The molecular formula is C29H46Cl2Zr. The Labute approximate surface area is 219 Å². The van der Waals surface area contributed by atoms with Gasteiger partial charge in [0, 0.05) is 0 Å². The van der Waals surface area contributed by atoms with E-state index in [9.17, 15) is 0 Å². The van der Waals surface area contributed by atoms with Crippen molar-refractivity contribution in [3.05, 3.63) is 63.0 Å². The van der Waals surface area contributed by atoms with E-state index in [1.807, 2.05) is 0 Å². The molecule has 0 aliphatic heterocycles. The summed E-state index contributed by atoms with van der Waals surface area (Å²) in [5.41, 5.74) is 2.27. The molecule has 0 spiro atoms. The summed E-state index contributed by atoms with van der Waals surface area (Å²) < 4.78 is 0. The second-order valence-corrected chi connectivity index (χ2v) is 15.6. The molecule has 0 heterocycles. The summed E-state index contributed by atoms with van der Waals surface area (Å²) in [4.78, 5) is 0. The third-order valence-corrected chi connectivity index (χ3v) is 8.90. The Morgan fingerprint density at radius 1 is 0.844 bits per heavy atom. The average molecular weight is 557 g/mol. The number of halogens is 2. The molecule has 8 atom stereocenters. The molecule has 0 aromatic rings. The summed E-state index contributed by atoms with van der Waals surface area (Å²) in [7, 11) is 9.87. The van der Waals surface area contributed by atoms with Gasteiger partial charge in [-0.15, -0.1) is 0 Å². The average Bonchev–Trinajstić information content (AvgIpc) is 3.21. The van der Waals surface area contributed by atoms with E-state index in [1.165, 1.54) is 18.4 Å². The van der Waals surface area contributed by atoms with Crippen LogP contribution < -0.4 is 0 Å². The van der Waals surface area contributed by atoms with E-state index >= 15 is 0 Å². The van der Waals surface area contributed by atoms with Gasteiger partial charge in [0.25, 0.3) is 0 Å². The maximum absolute atomic E-state index is 4.93. The maximum atomic E-state index is 4.93. The number of hydrogen-bond donors (Lipinski definition) is 0. The predicted octanol–water partition coefficient (Wildman–Crippen LogP) is 9.73. The first-order valence-corrected chi connectivity index (χ1v) is 18.0. The Balaban J connectivity index is 0.000000971. The summed E-state index contributed by atoms with van der Waals surface area (Å²) >= 11 is -0.826. The minimum absolute atomic E-state index is 0. The molecule has 32 heavy (non-hydrogen) atoms. The molecule has 2 fully saturated rings. The Hall–Kier alpha value is 0.423. The molecule has 0 aromatic heterocycles.